The van der Waals surface area contributed by atoms with Gasteiger partial charge in [0.25, 0.3) is 0 Å². The smallest absolute Gasteiger partial charge is 0.550 e. The molecule has 14 heavy (non-hydrogen) atoms. The first-order chi connectivity index (χ1) is 6.20. The van der Waals surface area contributed by atoms with Crippen LogP contribution >= 0.6 is 0 Å². The number of carbonyl (C=O) groups excluding carboxylic acids is 2. The number of carbonyl (C=O) groups is 2. The minimum absolute atomic E-state index is 0. The van der Waals surface area contributed by atoms with Crippen molar-refractivity contribution in [3.63, 3.8) is 0 Å². The molecule has 0 aliphatic heterocycles. The van der Waals surface area contributed by atoms with Crippen molar-refractivity contribution in [1.29, 1.82) is 0 Å². The molecule has 4 heteroatoms. The molecule has 0 aliphatic rings. The van der Waals surface area contributed by atoms with Crippen LogP contribution in [0, 0.1) is 0 Å². The summed E-state index contributed by atoms with van der Waals surface area (Å²) in [4.78, 5) is 21.3. The van der Waals surface area contributed by atoms with Crippen molar-refractivity contribution in [3.05, 3.63) is 35.9 Å². The molecule has 0 saturated carbocycles. The van der Waals surface area contributed by atoms with Crippen LogP contribution in [0.2, 0.25) is 0 Å². The fourth-order valence-electron chi connectivity index (χ4n) is 0.984. The topological polar surface area (TPSA) is 57.2 Å². The molecule has 68 valence electrons. The molecule has 0 radical (unpaired) electrons. The molecular weight excluding hydrogens is 191 g/mol. The Hall–Kier alpha value is -0.640. The third-order valence-electron chi connectivity index (χ3n) is 1.65. The summed E-state index contributed by atoms with van der Waals surface area (Å²) < 4.78 is 0. The maximum Gasteiger partial charge on any atom is 1.00 e. The van der Waals surface area contributed by atoms with Crippen molar-refractivity contribution in [2.75, 3.05) is 0 Å². The number of hydrogen-bond donors (Lipinski definition) is 0. The number of ketones is 1. The summed E-state index contributed by atoms with van der Waals surface area (Å²) in [6.07, 6.45) is -0.208. The minimum atomic E-state index is -1.19. The van der Waals surface area contributed by atoms with Gasteiger partial charge in [-0.3, -0.25) is 4.79 Å². The van der Waals surface area contributed by atoms with Gasteiger partial charge in [-0.2, -0.15) is 0 Å². The Balaban J connectivity index is 0.00000169. The van der Waals surface area contributed by atoms with E-state index in [0.29, 0.717) is 5.56 Å². The van der Waals surface area contributed by atoms with Crippen LogP contribution in [0.15, 0.2) is 30.3 Å². The second kappa shape index (κ2) is 6.76. The number of carboxylic acid groups (broad SMARTS) is 1. The van der Waals surface area contributed by atoms with Crippen LogP contribution < -0.4 is 34.7 Å². The standard InChI is InChI=1S/C10H10O3.Na/c11-9(6-7-10(12)13)8-4-2-1-3-5-8;/h1-5H,6-7H2,(H,12,13);/q;+1/p-1. The van der Waals surface area contributed by atoms with Crippen molar-refractivity contribution in [1.82, 2.24) is 0 Å². The molecule has 0 bridgehead atoms. The molecule has 0 aromatic heterocycles. The predicted molar refractivity (Wildman–Crippen MR) is 45.0 cm³/mol. The average molecular weight is 200 g/mol. The summed E-state index contributed by atoms with van der Waals surface area (Å²) in [5.41, 5.74) is 0.545. The van der Waals surface area contributed by atoms with Gasteiger partial charge < -0.3 is 9.90 Å². The quantitative estimate of drug-likeness (QED) is 0.395. The van der Waals surface area contributed by atoms with E-state index in [1.807, 2.05) is 0 Å². The molecule has 0 unspecified atom stereocenters. The zero-order valence-electron chi connectivity index (χ0n) is 8.03. The largest absolute Gasteiger partial charge is 1.00 e. The number of hydrogen-bond acceptors (Lipinski definition) is 3. The number of Topliss-reactive ketones (excluding diaryl/α,β-unsaturated/α-hetero) is 1. The SMILES string of the molecule is O=C([O-])CCC(=O)c1ccccc1.[Na+]. The summed E-state index contributed by atoms with van der Waals surface area (Å²) >= 11 is 0. The maximum atomic E-state index is 11.3. The molecule has 0 N–H and O–H groups in total. The average Bonchev–Trinajstić information content (AvgIpc) is 2.15. The first-order valence-corrected chi connectivity index (χ1v) is 3.98. The Labute approximate surface area is 104 Å². The van der Waals surface area contributed by atoms with Crippen LogP contribution in [0.4, 0.5) is 0 Å². The van der Waals surface area contributed by atoms with Gasteiger partial charge in [0.15, 0.2) is 5.78 Å². The third-order valence-corrected chi connectivity index (χ3v) is 1.65. The van der Waals surface area contributed by atoms with E-state index in [-0.39, 0.29) is 48.2 Å². The maximum absolute atomic E-state index is 11.3. The van der Waals surface area contributed by atoms with Crippen LogP contribution in [0.1, 0.15) is 23.2 Å². The first-order valence-electron chi connectivity index (χ1n) is 3.98. The third kappa shape index (κ3) is 4.56. The van der Waals surface area contributed by atoms with Crippen LogP contribution in [0.5, 0.6) is 0 Å². The Bertz CT molecular complexity index is 308. The fraction of sp³-hybridized carbons (Fsp3) is 0.200. The molecule has 0 saturated heterocycles. The number of aliphatic carboxylic acids is 1. The Morgan fingerprint density at radius 2 is 1.64 bits per heavy atom. The van der Waals surface area contributed by atoms with E-state index in [1.165, 1.54) is 0 Å². The number of carboxylic acids is 1. The summed E-state index contributed by atoms with van der Waals surface area (Å²) in [7, 11) is 0. The van der Waals surface area contributed by atoms with Gasteiger partial charge in [0, 0.05) is 18.0 Å². The van der Waals surface area contributed by atoms with E-state index in [9.17, 15) is 14.7 Å². The Morgan fingerprint density at radius 1 is 1.07 bits per heavy atom. The molecule has 0 fully saturated rings. The Kier molecular flexibility index (Phi) is 6.45. The predicted octanol–water partition coefficient (Wildman–Crippen LogP) is -2.60. The summed E-state index contributed by atoms with van der Waals surface area (Å²) in [5, 5.41) is 10.1. The molecule has 3 nitrogen and oxygen atoms in total. The van der Waals surface area contributed by atoms with Crippen molar-refractivity contribution >= 4 is 11.8 Å². The normalized spacial score (nSPS) is 8.86. The van der Waals surface area contributed by atoms with Gasteiger partial charge in [0.1, 0.15) is 0 Å². The molecule has 0 heterocycles. The van der Waals surface area contributed by atoms with Gasteiger partial charge in [-0.25, -0.2) is 0 Å². The number of benzene rings is 1. The molecule has 0 amide bonds. The summed E-state index contributed by atoms with van der Waals surface area (Å²) in [6.45, 7) is 0. The van der Waals surface area contributed by atoms with Crippen molar-refractivity contribution < 1.29 is 44.3 Å². The molecule has 0 spiro atoms. The van der Waals surface area contributed by atoms with Crippen LogP contribution in [0.25, 0.3) is 0 Å². The van der Waals surface area contributed by atoms with Crippen LogP contribution in [-0.2, 0) is 4.79 Å². The van der Waals surface area contributed by atoms with Crippen LogP contribution in [0.3, 0.4) is 0 Å². The summed E-state index contributed by atoms with van der Waals surface area (Å²) in [5.74, 6) is -1.35. The zero-order chi connectivity index (χ0) is 9.68. The monoisotopic (exact) mass is 200 g/mol. The molecular formula is C10H9NaO3. The zero-order valence-corrected chi connectivity index (χ0v) is 10.0. The van der Waals surface area contributed by atoms with Gasteiger partial charge in [-0.05, 0) is 6.42 Å². The van der Waals surface area contributed by atoms with Gasteiger partial charge in [0.2, 0.25) is 0 Å². The van der Waals surface area contributed by atoms with E-state index >= 15 is 0 Å². The Morgan fingerprint density at radius 3 is 2.14 bits per heavy atom. The van der Waals surface area contributed by atoms with Crippen LogP contribution in [-0.4, -0.2) is 11.8 Å². The fourth-order valence-corrected chi connectivity index (χ4v) is 0.984. The molecule has 0 aliphatic carbocycles. The molecule has 0 atom stereocenters. The van der Waals surface area contributed by atoms with Crippen molar-refractivity contribution in [2.45, 2.75) is 12.8 Å². The minimum Gasteiger partial charge on any atom is -0.550 e. The van der Waals surface area contributed by atoms with E-state index in [2.05, 4.69) is 0 Å². The van der Waals surface area contributed by atoms with E-state index in [1.54, 1.807) is 30.3 Å². The van der Waals surface area contributed by atoms with Gasteiger partial charge >= 0.3 is 29.6 Å². The van der Waals surface area contributed by atoms with Gasteiger partial charge in [-0.15, -0.1) is 0 Å². The second-order valence-electron chi connectivity index (χ2n) is 2.66. The van der Waals surface area contributed by atoms with E-state index < -0.39 is 5.97 Å². The first kappa shape index (κ1) is 13.4. The molecule has 1 rings (SSSR count). The molecule has 1 aromatic carbocycles. The van der Waals surface area contributed by atoms with E-state index in [4.69, 9.17) is 0 Å². The van der Waals surface area contributed by atoms with Crippen molar-refractivity contribution in [3.8, 4) is 0 Å². The molecule has 1 aromatic rings. The van der Waals surface area contributed by atoms with E-state index in [0.717, 1.165) is 0 Å². The second-order valence-corrected chi connectivity index (χ2v) is 2.66. The van der Waals surface area contributed by atoms with Gasteiger partial charge in [0.05, 0.1) is 0 Å². The van der Waals surface area contributed by atoms with Crippen molar-refractivity contribution in [2.24, 2.45) is 0 Å². The van der Waals surface area contributed by atoms with Gasteiger partial charge in [-0.1, -0.05) is 30.3 Å². The summed E-state index contributed by atoms with van der Waals surface area (Å²) in [6, 6.07) is 8.61. The number of rotatable bonds is 4.